The Balaban J connectivity index is 1.95. The normalized spacial score (nSPS) is 27.5. The number of amidine groups is 1. The fourth-order valence-corrected chi connectivity index (χ4v) is 4.02. The van der Waals surface area contributed by atoms with E-state index in [9.17, 15) is 0 Å². The summed E-state index contributed by atoms with van der Waals surface area (Å²) in [5, 5.41) is 12.1. The molecule has 0 atom stereocenters. The first-order chi connectivity index (χ1) is 8.22. The van der Waals surface area contributed by atoms with Crippen LogP contribution in [0.15, 0.2) is 5.16 Å². The van der Waals surface area contributed by atoms with Crippen molar-refractivity contribution in [1.82, 2.24) is 4.90 Å². The van der Waals surface area contributed by atoms with Crippen LogP contribution in [0.1, 0.15) is 38.5 Å². The molecule has 1 aliphatic carbocycles. The largest absolute Gasteiger partial charge is 0.409 e. The number of thioether (sulfide) groups is 1. The van der Waals surface area contributed by atoms with Crippen LogP contribution >= 0.6 is 11.8 Å². The molecule has 0 bridgehead atoms. The maximum Gasteiger partial charge on any atom is 0.155 e. The van der Waals surface area contributed by atoms with Gasteiger partial charge in [-0.3, -0.25) is 0 Å². The highest BCUT2D eigenvalue weighted by molar-refractivity contribution is 8.00. The molecule has 0 aromatic rings. The van der Waals surface area contributed by atoms with E-state index in [1.165, 1.54) is 25.7 Å². The lowest BCUT2D eigenvalue weighted by molar-refractivity contribution is 0.158. The van der Waals surface area contributed by atoms with E-state index < -0.39 is 0 Å². The first-order valence-corrected chi connectivity index (χ1v) is 7.71. The van der Waals surface area contributed by atoms with Gasteiger partial charge in [0.05, 0.1) is 4.75 Å². The standard InChI is InChI=1S/C12H23N3OS/c1-17-12(11(13)14-16)6-8-15(9-7-12)10-4-2-3-5-10/h10,16H,2-9H2,1H3,(H2,13,14). The monoisotopic (exact) mass is 257 g/mol. The number of nitrogens with two attached hydrogens (primary N) is 1. The average Bonchev–Trinajstić information content (AvgIpc) is 2.91. The van der Waals surface area contributed by atoms with Crippen molar-refractivity contribution >= 4 is 17.6 Å². The summed E-state index contributed by atoms with van der Waals surface area (Å²) in [5.74, 6) is 0.399. The molecule has 5 heteroatoms. The summed E-state index contributed by atoms with van der Waals surface area (Å²) >= 11 is 1.73. The Labute approximate surface area is 108 Å². The molecule has 1 saturated heterocycles. The number of hydrogen-bond donors (Lipinski definition) is 2. The fourth-order valence-electron chi connectivity index (χ4n) is 3.18. The van der Waals surface area contributed by atoms with Gasteiger partial charge in [-0.25, -0.2) is 0 Å². The molecule has 0 aromatic carbocycles. The van der Waals surface area contributed by atoms with Crippen LogP contribution in [0.3, 0.4) is 0 Å². The maximum atomic E-state index is 8.90. The van der Waals surface area contributed by atoms with Gasteiger partial charge < -0.3 is 15.8 Å². The van der Waals surface area contributed by atoms with Crippen molar-refractivity contribution in [3.8, 4) is 0 Å². The van der Waals surface area contributed by atoms with E-state index in [2.05, 4.69) is 16.3 Å². The van der Waals surface area contributed by atoms with Gasteiger partial charge >= 0.3 is 0 Å². The van der Waals surface area contributed by atoms with Crippen molar-refractivity contribution in [2.24, 2.45) is 10.9 Å². The second-order valence-corrected chi connectivity index (χ2v) is 6.35. The Hall–Kier alpha value is -0.420. The van der Waals surface area contributed by atoms with Gasteiger partial charge in [-0.1, -0.05) is 18.0 Å². The molecule has 98 valence electrons. The second-order valence-electron chi connectivity index (χ2n) is 5.16. The van der Waals surface area contributed by atoms with Crippen LogP contribution in [0.5, 0.6) is 0 Å². The van der Waals surface area contributed by atoms with Crippen LogP contribution < -0.4 is 5.73 Å². The van der Waals surface area contributed by atoms with Crippen molar-refractivity contribution in [3.63, 3.8) is 0 Å². The topological polar surface area (TPSA) is 61.9 Å². The van der Waals surface area contributed by atoms with Crippen LogP contribution in [-0.2, 0) is 0 Å². The third-order valence-corrected chi connectivity index (χ3v) is 5.81. The Morgan fingerprint density at radius 1 is 1.35 bits per heavy atom. The molecule has 2 aliphatic rings. The smallest absolute Gasteiger partial charge is 0.155 e. The summed E-state index contributed by atoms with van der Waals surface area (Å²) in [6.07, 6.45) is 9.54. The van der Waals surface area contributed by atoms with Crippen molar-refractivity contribution in [2.45, 2.75) is 49.3 Å². The molecular weight excluding hydrogens is 234 g/mol. The van der Waals surface area contributed by atoms with Gasteiger partial charge in [-0.2, -0.15) is 11.8 Å². The summed E-state index contributed by atoms with van der Waals surface area (Å²) in [6.45, 7) is 2.17. The molecule has 17 heavy (non-hydrogen) atoms. The van der Waals surface area contributed by atoms with E-state index in [1.54, 1.807) is 11.8 Å². The van der Waals surface area contributed by atoms with Crippen molar-refractivity contribution in [1.29, 1.82) is 0 Å². The van der Waals surface area contributed by atoms with Gasteiger partial charge in [0, 0.05) is 19.1 Å². The number of nitrogens with zero attached hydrogens (tertiary/aromatic N) is 2. The minimum absolute atomic E-state index is 0.135. The SMILES string of the molecule is CSC1(C(N)=NO)CCN(C2CCCC2)CC1. The minimum Gasteiger partial charge on any atom is -0.409 e. The van der Waals surface area contributed by atoms with Crippen LogP contribution in [0.4, 0.5) is 0 Å². The maximum absolute atomic E-state index is 8.90. The highest BCUT2D eigenvalue weighted by Crippen LogP contribution is 2.37. The molecule has 1 saturated carbocycles. The zero-order chi connectivity index (χ0) is 12.3. The van der Waals surface area contributed by atoms with Gasteiger partial charge in [-0.15, -0.1) is 0 Å². The summed E-state index contributed by atoms with van der Waals surface area (Å²) in [5.41, 5.74) is 5.85. The van der Waals surface area contributed by atoms with Crippen LogP contribution in [0, 0.1) is 0 Å². The molecule has 1 heterocycles. The Bertz CT molecular complexity index is 281. The minimum atomic E-state index is -0.135. The average molecular weight is 257 g/mol. The Kier molecular flexibility index (Phi) is 4.20. The second kappa shape index (κ2) is 5.48. The molecule has 4 nitrogen and oxygen atoms in total. The summed E-state index contributed by atoms with van der Waals surface area (Å²) in [4.78, 5) is 2.60. The van der Waals surface area contributed by atoms with Crippen molar-refractivity contribution in [3.05, 3.63) is 0 Å². The van der Waals surface area contributed by atoms with E-state index in [0.29, 0.717) is 5.84 Å². The highest BCUT2D eigenvalue weighted by Gasteiger charge is 2.39. The molecule has 0 spiro atoms. The summed E-state index contributed by atoms with van der Waals surface area (Å²) < 4.78 is -0.135. The molecule has 3 N–H and O–H groups in total. The van der Waals surface area contributed by atoms with E-state index >= 15 is 0 Å². The summed E-state index contributed by atoms with van der Waals surface area (Å²) in [6, 6.07) is 0.794. The van der Waals surface area contributed by atoms with Gasteiger partial charge in [0.1, 0.15) is 0 Å². The molecular formula is C12H23N3OS. The Morgan fingerprint density at radius 2 is 1.94 bits per heavy atom. The van der Waals surface area contributed by atoms with Crippen molar-refractivity contribution in [2.75, 3.05) is 19.3 Å². The zero-order valence-electron chi connectivity index (χ0n) is 10.6. The third kappa shape index (κ3) is 2.55. The van der Waals surface area contributed by atoms with Gasteiger partial charge in [0.25, 0.3) is 0 Å². The summed E-state index contributed by atoms with van der Waals surface area (Å²) in [7, 11) is 0. The van der Waals surface area contributed by atoms with E-state index in [1.807, 2.05) is 0 Å². The molecule has 0 aromatic heterocycles. The predicted octanol–water partition coefficient (Wildman–Crippen LogP) is 1.87. The number of hydrogen-bond acceptors (Lipinski definition) is 4. The van der Waals surface area contributed by atoms with Crippen LogP contribution in [0.2, 0.25) is 0 Å². The van der Waals surface area contributed by atoms with E-state index in [4.69, 9.17) is 10.9 Å². The fraction of sp³-hybridized carbons (Fsp3) is 0.917. The first-order valence-electron chi connectivity index (χ1n) is 6.49. The van der Waals surface area contributed by atoms with Crippen LogP contribution in [-0.4, -0.2) is 46.1 Å². The lowest BCUT2D eigenvalue weighted by atomic mass is 9.93. The molecule has 1 aliphatic heterocycles. The predicted molar refractivity (Wildman–Crippen MR) is 72.7 cm³/mol. The number of likely N-dealkylation sites (tertiary alicyclic amines) is 1. The molecule has 2 rings (SSSR count). The lowest BCUT2D eigenvalue weighted by Crippen LogP contribution is -2.52. The molecule has 0 unspecified atom stereocenters. The van der Waals surface area contributed by atoms with Gasteiger partial charge in [0.2, 0.25) is 0 Å². The van der Waals surface area contributed by atoms with Crippen LogP contribution in [0.25, 0.3) is 0 Å². The third-order valence-electron chi connectivity index (χ3n) is 4.41. The van der Waals surface area contributed by atoms with E-state index in [-0.39, 0.29) is 4.75 Å². The molecule has 2 fully saturated rings. The van der Waals surface area contributed by atoms with E-state index in [0.717, 1.165) is 32.0 Å². The highest BCUT2D eigenvalue weighted by atomic mass is 32.2. The van der Waals surface area contributed by atoms with Gasteiger partial charge in [-0.05, 0) is 31.9 Å². The molecule has 0 amide bonds. The quantitative estimate of drug-likeness (QED) is 0.351. The van der Waals surface area contributed by atoms with Crippen molar-refractivity contribution < 1.29 is 5.21 Å². The first kappa shape index (κ1) is 13.0. The molecule has 0 radical (unpaired) electrons. The number of oxime groups is 1. The zero-order valence-corrected chi connectivity index (χ0v) is 11.4. The number of piperidine rings is 1. The lowest BCUT2D eigenvalue weighted by Gasteiger charge is -2.42. The number of rotatable bonds is 3. The van der Waals surface area contributed by atoms with Gasteiger partial charge in [0.15, 0.2) is 5.84 Å². The Morgan fingerprint density at radius 3 is 2.41 bits per heavy atom.